The second-order valence-corrected chi connectivity index (χ2v) is 4.77. The summed E-state index contributed by atoms with van der Waals surface area (Å²) >= 11 is 1.34. The predicted molar refractivity (Wildman–Crippen MR) is 70.5 cm³/mol. The largest absolute Gasteiger partial charge is 0.368 e. The molecule has 4 N–H and O–H groups in total. The Morgan fingerprint density at radius 2 is 2.33 bits per heavy atom. The van der Waals surface area contributed by atoms with Crippen molar-refractivity contribution in [2.45, 2.75) is 38.0 Å². The van der Waals surface area contributed by atoms with Gasteiger partial charge in [-0.15, -0.1) is 5.10 Å². The van der Waals surface area contributed by atoms with Crippen LogP contribution in [0.25, 0.3) is 0 Å². The number of nitrogens with zero attached hydrogens (tertiary/aromatic N) is 2. The van der Waals surface area contributed by atoms with E-state index in [1.54, 1.807) is 4.57 Å². The van der Waals surface area contributed by atoms with E-state index in [-0.39, 0.29) is 5.69 Å². The number of likely N-dealkylation sites (N-methyl/N-ethyl adjacent to an activating group) is 1. The maximum Gasteiger partial charge on any atom is 0.343 e. The van der Waals surface area contributed by atoms with Crippen LogP contribution in [0.1, 0.15) is 20.3 Å². The van der Waals surface area contributed by atoms with Gasteiger partial charge in [-0.2, -0.15) is 0 Å². The summed E-state index contributed by atoms with van der Waals surface area (Å²) in [5, 5.41) is 9.92. The molecule has 0 aliphatic heterocycles. The number of hydrogen-bond donors (Lipinski definition) is 3. The number of H-pyrrole nitrogens is 1. The van der Waals surface area contributed by atoms with Crippen molar-refractivity contribution in [3.63, 3.8) is 0 Å². The molecule has 0 aromatic carbocycles. The zero-order valence-corrected chi connectivity index (χ0v) is 11.4. The van der Waals surface area contributed by atoms with E-state index in [1.807, 2.05) is 13.8 Å². The van der Waals surface area contributed by atoms with Crippen molar-refractivity contribution >= 4 is 17.7 Å². The minimum Gasteiger partial charge on any atom is -0.368 e. The monoisotopic (exact) mass is 273 g/mol. The highest BCUT2D eigenvalue weighted by molar-refractivity contribution is 7.99. The van der Waals surface area contributed by atoms with E-state index in [1.165, 1.54) is 11.8 Å². The Hall–Kier alpha value is -1.28. The third kappa shape index (κ3) is 3.88. The molecule has 18 heavy (non-hydrogen) atoms. The zero-order valence-electron chi connectivity index (χ0n) is 10.6. The van der Waals surface area contributed by atoms with Crippen LogP contribution < -0.4 is 16.7 Å². The van der Waals surface area contributed by atoms with Crippen molar-refractivity contribution < 1.29 is 4.79 Å². The van der Waals surface area contributed by atoms with E-state index in [0.717, 1.165) is 6.42 Å². The lowest BCUT2D eigenvalue weighted by Gasteiger charge is -2.13. The van der Waals surface area contributed by atoms with Gasteiger partial charge in [-0.25, -0.2) is 9.89 Å². The van der Waals surface area contributed by atoms with Gasteiger partial charge in [0.15, 0.2) is 5.16 Å². The molecule has 7 nitrogen and oxygen atoms in total. The molecule has 1 unspecified atom stereocenters. The molecule has 0 spiro atoms. The highest BCUT2D eigenvalue weighted by Gasteiger charge is 2.16. The highest BCUT2D eigenvalue weighted by Crippen LogP contribution is 2.14. The number of carbonyl (C=O) groups excluding carboxylic acids is 1. The molecule has 0 saturated heterocycles. The van der Waals surface area contributed by atoms with Crippen molar-refractivity contribution in [2.75, 3.05) is 12.3 Å². The van der Waals surface area contributed by atoms with Crippen LogP contribution in [0.2, 0.25) is 0 Å². The van der Waals surface area contributed by atoms with Gasteiger partial charge in [-0.05, 0) is 13.0 Å². The molecule has 1 atom stereocenters. The van der Waals surface area contributed by atoms with Crippen LogP contribution >= 0.6 is 11.8 Å². The summed E-state index contributed by atoms with van der Waals surface area (Å²) in [5.41, 5.74) is 5.05. The fourth-order valence-electron chi connectivity index (χ4n) is 1.48. The molecular weight excluding hydrogens is 254 g/mol. The van der Waals surface area contributed by atoms with Crippen molar-refractivity contribution in [3.05, 3.63) is 10.5 Å². The summed E-state index contributed by atoms with van der Waals surface area (Å²) in [4.78, 5) is 22.6. The third-order valence-corrected chi connectivity index (χ3v) is 3.41. The Kier molecular flexibility index (Phi) is 5.93. The molecule has 0 bridgehead atoms. The van der Waals surface area contributed by atoms with Gasteiger partial charge in [-0.1, -0.05) is 25.6 Å². The number of rotatable bonds is 8. The lowest BCUT2D eigenvalue weighted by molar-refractivity contribution is -0.119. The van der Waals surface area contributed by atoms with Crippen LogP contribution in [0.5, 0.6) is 0 Å². The Bertz CT molecular complexity index is 442. The van der Waals surface area contributed by atoms with Gasteiger partial charge in [0.25, 0.3) is 0 Å². The Morgan fingerprint density at radius 1 is 1.61 bits per heavy atom. The molecule has 1 aromatic rings. The summed E-state index contributed by atoms with van der Waals surface area (Å²) in [6.07, 6.45) is 0.847. The molecule has 1 rings (SSSR count). The molecular formula is C10H19N5O2S. The number of thioether (sulfide) groups is 1. The number of amides is 1. The third-order valence-electron chi connectivity index (χ3n) is 2.34. The van der Waals surface area contributed by atoms with E-state index < -0.39 is 11.9 Å². The number of aromatic nitrogens is 3. The average Bonchev–Trinajstić information content (AvgIpc) is 2.67. The fourth-order valence-corrected chi connectivity index (χ4v) is 2.52. The van der Waals surface area contributed by atoms with Gasteiger partial charge in [-0.3, -0.25) is 9.36 Å². The standard InChI is InChI=1S/C10H19N5O2S/c1-3-5-15-9(17)13-14-10(15)18-6-7(8(11)16)12-4-2/h7,12H,3-6H2,1-2H3,(H2,11,16)(H,13,17). The van der Waals surface area contributed by atoms with Gasteiger partial charge in [0.05, 0.1) is 6.04 Å². The van der Waals surface area contributed by atoms with Crippen molar-refractivity contribution in [1.82, 2.24) is 20.1 Å². The quantitative estimate of drug-likeness (QED) is 0.556. The maximum absolute atomic E-state index is 11.5. The Balaban J connectivity index is 2.67. The minimum absolute atomic E-state index is 0.224. The predicted octanol–water partition coefficient (Wildman–Crippen LogP) is -0.463. The molecule has 0 saturated carbocycles. The number of primary amides is 1. The summed E-state index contributed by atoms with van der Waals surface area (Å²) in [5.74, 6) is 0.0567. The summed E-state index contributed by atoms with van der Waals surface area (Å²) in [6, 6.07) is -0.415. The number of nitrogens with one attached hydrogen (secondary N) is 2. The van der Waals surface area contributed by atoms with Crippen LogP contribution in [-0.2, 0) is 11.3 Å². The van der Waals surface area contributed by atoms with Gasteiger partial charge in [0.2, 0.25) is 5.91 Å². The SMILES string of the molecule is CCCn1c(SCC(NCC)C(N)=O)n[nH]c1=O. The lowest BCUT2D eigenvalue weighted by atomic mass is 10.3. The minimum atomic E-state index is -0.415. The first kappa shape index (κ1) is 14.8. The van der Waals surface area contributed by atoms with Gasteiger partial charge in [0, 0.05) is 12.3 Å². The molecule has 1 amide bonds. The number of nitrogens with two attached hydrogens (primary N) is 1. The van der Waals surface area contributed by atoms with Crippen molar-refractivity contribution in [2.24, 2.45) is 5.73 Å². The van der Waals surface area contributed by atoms with Crippen LogP contribution in [0.4, 0.5) is 0 Å². The Labute approximate surface area is 110 Å². The van der Waals surface area contributed by atoms with E-state index in [2.05, 4.69) is 15.5 Å². The van der Waals surface area contributed by atoms with Gasteiger partial charge in [0.1, 0.15) is 0 Å². The number of hydrogen-bond acceptors (Lipinski definition) is 5. The molecule has 0 aliphatic rings. The number of aromatic amines is 1. The van der Waals surface area contributed by atoms with E-state index in [9.17, 15) is 9.59 Å². The second-order valence-electron chi connectivity index (χ2n) is 3.79. The van der Waals surface area contributed by atoms with Crippen LogP contribution in [0.15, 0.2) is 9.95 Å². The molecule has 102 valence electrons. The van der Waals surface area contributed by atoms with Crippen LogP contribution in [-0.4, -0.2) is 39.0 Å². The van der Waals surface area contributed by atoms with E-state index in [0.29, 0.717) is 24.0 Å². The number of carbonyl (C=O) groups is 1. The molecule has 0 aliphatic carbocycles. The molecule has 1 heterocycles. The van der Waals surface area contributed by atoms with E-state index in [4.69, 9.17) is 5.73 Å². The summed E-state index contributed by atoms with van der Waals surface area (Å²) in [7, 11) is 0. The van der Waals surface area contributed by atoms with Crippen molar-refractivity contribution in [1.29, 1.82) is 0 Å². The zero-order chi connectivity index (χ0) is 13.5. The Morgan fingerprint density at radius 3 is 2.89 bits per heavy atom. The topological polar surface area (TPSA) is 106 Å². The normalized spacial score (nSPS) is 12.6. The first-order valence-electron chi connectivity index (χ1n) is 5.90. The first-order chi connectivity index (χ1) is 8.60. The molecule has 8 heteroatoms. The molecule has 0 radical (unpaired) electrons. The van der Waals surface area contributed by atoms with Crippen LogP contribution in [0, 0.1) is 0 Å². The summed E-state index contributed by atoms with van der Waals surface area (Å²) in [6.45, 7) is 5.16. The van der Waals surface area contributed by atoms with E-state index >= 15 is 0 Å². The smallest absolute Gasteiger partial charge is 0.343 e. The first-order valence-corrected chi connectivity index (χ1v) is 6.89. The molecule has 0 fully saturated rings. The summed E-state index contributed by atoms with van der Waals surface area (Å²) < 4.78 is 1.56. The highest BCUT2D eigenvalue weighted by atomic mass is 32.2. The fraction of sp³-hybridized carbons (Fsp3) is 0.700. The van der Waals surface area contributed by atoms with Gasteiger partial charge >= 0.3 is 5.69 Å². The maximum atomic E-state index is 11.5. The average molecular weight is 273 g/mol. The van der Waals surface area contributed by atoms with Crippen LogP contribution in [0.3, 0.4) is 0 Å². The molecule has 1 aromatic heterocycles. The lowest BCUT2D eigenvalue weighted by Crippen LogP contribution is -2.43. The second kappa shape index (κ2) is 7.22. The van der Waals surface area contributed by atoms with Crippen molar-refractivity contribution in [3.8, 4) is 0 Å². The van der Waals surface area contributed by atoms with Gasteiger partial charge < -0.3 is 11.1 Å².